The van der Waals surface area contributed by atoms with E-state index in [0.717, 1.165) is 11.3 Å². The molecular formula is C19H21N5O2. The number of ether oxygens (including phenoxy) is 1. The molecule has 3 rings (SSSR count). The van der Waals surface area contributed by atoms with Gasteiger partial charge in [-0.2, -0.15) is 10.2 Å². The Labute approximate surface area is 152 Å². The van der Waals surface area contributed by atoms with Crippen molar-refractivity contribution in [1.29, 1.82) is 5.26 Å². The minimum Gasteiger partial charge on any atom is -0.497 e. The van der Waals surface area contributed by atoms with Gasteiger partial charge in [-0.05, 0) is 36.6 Å². The summed E-state index contributed by atoms with van der Waals surface area (Å²) in [6.07, 6.45) is 2.65. The molecule has 1 aliphatic heterocycles. The lowest BCUT2D eigenvalue weighted by molar-refractivity contribution is -0.123. The van der Waals surface area contributed by atoms with Crippen molar-refractivity contribution in [1.82, 2.24) is 9.97 Å². The molecule has 1 saturated heterocycles. The van der Waals surface area contributed by atoms with Gasteiger partial charge < -0.3 is 10.1 Å². The molecule has 1 aliphatic rings. The van der Waals surface area contributed by atoms with E-state index in [-0.39, 0.29) is 5.91 Å². The summed E-state index contributed by atoms with van der Waals surface area (Å²) < 4.78 is 5.14. The molecule has 1 fully saturated rings. The number of hydrogen-bond donors (Lipinski definition) is 1. The van der Waals surface area contributed by atoms with Crippen LogP contribution < -0.4 is 15.0 Å². The molecule has 0 bridgehead atoms. The molecule has 1 aromatic heterocycles. The first-order chi connectivity index (χ1) is 12.6. The number of nitrogens with zero attached hydrogens (tertiary/aromatic N) is 4. The van der Waals surface area contributed by atoms with Gasteiger partial charge in [-0.1, -0.05) is 19.1 Å². The fourth-order valence-electron chi connectivity index (χ4n) is 3.01. The van der Waals surface area contributed by atoms with Crippen LogP contribution in [-0.2, 0) is 11.3 Å². The molecule has 26 heavy (non-hydrogen) atoms. The summed E-state index contributed by atoms with van der Waals surface area (Å²) in [5.74, 6) is 1.59. The fraction of sp³-hybridized carbons (Fsp3) is 0.368. The molecule has 134 valence electrons. The van der Waals surface area contributed by atoms with Crippen molar-refractivity contribution in [2.45, 2.75) is 26.3 Å². The summed E-state index contributed by atoms with van der Waals surface area (Å²) >= 11 is 0. The molecule has 1 unspecified atom stereocenters. The topological polar surface area (TPSA) is 91.1 Å². The van der Waals surface area contributed by atoms with Crippen LogP contribution in [0.25, 0.3) is 0 Å². The maximum atomic E-state index is 12.7. The van der Waals surface area contributed by atoms with Gasteiger partial charge in [0.2, 0.25) is 11.9 Å². The van der Waals surface area contributed by atoms with Crippen LogP contribution in [0.15, 0.2) is 36.5 Å². The van der Waals surface area contributed by atoms with Crippen LogP contribution >= 0.6 is 0 Å². The highest BCUT2D eigenvalue weighted by Gasteiger charge is 2.46. The highest BCUT2D eigenvalue weighted by atomic mass is 16.5. The van der Waals surface area contributed by atoms with E-state index in [9.17, 15) is 10.1 Å². The van der Waals surface area contributed by atoms with Crippen LogP contribution in [0.4, 0.5) is 11.8 Å². The number of carbonyl (C=O) groups is 1. The summed E-state index contributed by atoms with van der Waals surface area (Å²) in [6.45, 7) is 2.92. The van der Waals surface area contributed by atoms with Crippen molar-refractivity contribution >= 4 is 17.7 Å². The molecule has 2 aromatic rings. The van der Waals surface area contributed by atoms with Crippen LogP contribution in [0.2, 0.25) is 0 Å². The molecule has 7 heteroatoms. The summed E-state index contributed by atoms with van der Waals surface area (Å²) in [7, 11) is 1.63. The first kappa shape index (κ1) is 17.7. The predicted molar refractivity (Wildman–Crippen MR) is 97.7 cm³/mol. The molecule has 1 N–H and O–H groups in total. The van der Waals surface area contributed by atoms with Gasteiger partial charge in [0, 0.05) is 19.3 Å². The van der Waals surface area contributed by atoms with Crippen LogP contribution in [-0.4, -0.2) is 29.5 Å². The minimum atomic E-state index is -0.929. The van der Waals surface area contributed by atoms with Crippen LogP contribution in [0.1, 0.15) is 25.3 Å². The third kappa shape index (κ3) is 3.31. The molecule has 0 radical (unpaired) electrons. The second-order valence-corrected chi connectivity index (χ2v) is 6.19. The number of carbonyl (C=O) groups excluding carboxylic acids is 1. The summed E-state index contributed by atoms with van der Waals surface area (Å²) in [5, 5.41) is 12.6. The van der Waals surface area contributed by atoms with Crippen molar-refractivity contribution in [2.24, 2.45) is 5.41 Å². The largest absolute Gasteiger partial charge is 0.497 e. The SMILES string of the molecule is CCC1(C#N)CCN(c2ccnc(NCc3ccc(OC)cc3)n2)C1=O. The number of benzene rings is 1. The second-order valence-electron chi connectivity index (χ2n) is 6.19. The standard InChI is InChI=1S/C19H21N5O2/c1-3-19(13-20)9-11-24(17(19)25)16-8-10-21-18(23-16)22-12-14-4-6-15(26-2)7-5-14/h4-8,10H,3,9,11-12H2,1-2H3,(H,21,22,23). The number of methoxy groups -OCH3 is 1. The zero-order valence-electron chi connectivity index (χ0n) is 14.9. The summed E-state index contributed by atoms with van der Waals surface area (Å²) in [5.41, 5.74) is 0.133. The van der Waals surface area contributed by atoms with Gasteiger partial charge >= 0.3 is 0 Å². The number of nitrogens with one attached hydrogen (secondary N) is 1. The lowest BCUT2D eigenvalue weighted by atomic mass is 9.85. The van der Waals surface area contributed by atoms with Crippen LogP contribution in [0.3, 0.4) is 0 Å². The zero-order chi connectivity index (χ0) is 18.6. The molecule has 7 nitrogen and oxygen atoms in total. The average molecular weight is 351 g/mol. The quantitative estimate of drug-likeness (QED) is 0.860. The lowest BCUT2D eigenvalue weighted by Crippen LogP contribution is -2.33. The first-order valence-corrected chi connectivity index (χ1v) is 8.55. The Morgan fingerprint density at radius 3 is 2.73 bits per heavy atom. The van der Waals surface area contributed by atoms with Crippen molar-refractivity contribution in [3.63, 3.8) is 0 Å². The Kier molecular flexibility index (Phi) is 5.03. The molecule has 1 aromatic carbocycles. The molecule has 2 heterocycles. The van der Waals surface area contributed by atoms with Gasteiger partial charge in [0.15, 0.2) is 0 Å². The highest BCUT2D eigenvalue weighted by Crippen LogP contribution is 2.36. The maximum Gasteiger partial charge on any atom is 0.248 e. The van der Waals surface area contributed by atoms with Gasteiger partial charge in [0.25, 0.3) is 0 Å². The molecule has 0 saturated carbocycles. The maximum absolute atomic E-state index is 12.7. The predicted octanol–water partition coefficient (Wildman–Crippen LogP) is 2.75. The van der Waals surface area contributed by atoms with Gasteiger partial charge in [-0.15, -0.1) is 0 Å². The number of hydrogen-bond acceptors (Lipinski definition) is 6. The normalized spacial score (nSPS) is 19.3. The van der Waals surface area contributed by atoms with E-state index in [0.29, 0.717) is 37.7 Å². The molecule has 1 amide bonds. The summed E-state index contributed by atoms with van der Waals surface area (Å²) in [4.78, 5) is 22.9. The van der Waals surface area contributed by atoms with Crippen LogP contribution in [0, 0.1) is 16.7 Å². The number of rotatable bonds is 6. The van der Waals surface area contributed by atoms with Crippen LogP contribution in [0.5, 0.6) is 5.75 Å². The van der Waals surface area contributed by atoms with E-state index in [2.05, 4.69) is 21.4 Å². The first-order valence-electron chi connectivity index (χ1n) is 8.55. The monoisotopic (exact) mass is 351 g/mol. The Morgan fingerprint density at radius 1 is 1.35 bits per heavy atom. The lowest BCUT2D eigenvalue weighted by Gasteiger charge is -2.19. The Morgan fingerprint density at radius 2 is 2.12 bits per heavy atom. The van der Waals surface area contributed by atoms with Gasteiger partial charge in [-0.3, -0.25) is 9.69 Å². The molecule has 0 spiro atoms. The van der Waals surface area contributed by atoms with E-state index >= 15 is 0 Å². The Hall–Kier alpha value is -3.14. The Bertz CT molecular complexity index is 831. The highest BCUT2D eigenvalue weighted by molar-refractivity contribution is 6.01. The van der Waals surface area contributed by atoms with E-state index in [1.807, 2.05) is 31.2 Å². The number of amides is 1. The van der Waals surface area contributed by atoms with E-state index in [1.54, 1.807) is 24.3 Å². The number of aromatic nitrogens is 2. The second kappa shape index (κ2) is 7.40. The minimum absolute atomic E-state index is 0.178. The van der Waals surface area contributed by atoms with Gasteiger partial charge in [-0.25, -0.2) is 4.98 Å². The van der Waals surface area contributed by atoms with Crippen molar-refractivity contribution in [2.75, 3.05) is 23.9 Å². The van der Waals surface area contributed by atoms with E-state index < -0.39 is 5.41 Å². The van der Waals surface area contributed by atoms with E-state index in [4.69, 9.17) is 4.74 Å². The molecule has 1 atom stereocenters. The smallest absolute Gasteiger partial charge is 0.248 e. The zero-order valence-corrected chi connectivity index (χ0v) is 14.9. The Balaban J connectivity index is 1.70. The third-order valence-electron chi connectivity index (χ3n) is 4.76. The fourth-order valence-corrected chi connectivity index (χ4v) is 3.01. The van der Waals surface area contributed by atoms with E-state index in [1.165, 1.54) is 0 Å². The van der Waals surface area contributed by atoms with Crippen molar-refractivity contribution in [3.05, 3.63) is 42.1 Å². The number of nitriles is 1. The number of anilines is 2. The summed E-state index contributed by atoms with van der Waals surface area (Å²) in [6, 6.07) is 11.6. The average Bonchev–Trinajstić information content (AvgIpc) is 3.03. The van der Waals surface area contributed by atoms with Gasteiger partial charge in [0.05, 0.1) is 13.2 Å². The molecular weight excluding hydrogens is 330 g/mol. The third-order valence-corrected chi connectivity index (χ3v) is 4.76. The molecule has 0 aliphatic carbocycles. The van der Waals surface area contributed by atoms with Crippen molar-refractivity contribution in [3.8, 4) is 11.8 Å². The van der Waals surface area contributed by atoms with Crippen molar-refractivity contribution < 1.29 is 9.53 Å². The van der Waals surface area contributed by atoms with Gasteiger partial charge in [0.1, 0.15) is 17.0 Å².